The van der Waals surface area contributed by atoms with Crippen molar-refractivity contribution in [2.24, 2.45) is 0 Å². The summed E-state index contributed by atoms with van der Waals surface area (Å²) in [4.78, 5) is 27.9. The number of benzene rings is 2. The third-order valence-corrected chi connectivity index (χ3v) is 4.35. The topological polar surface area (TPSA) is 92.3 Å². The Hall–Kier alpha value is -3.39. The number of rotatable bonds is 7. The lowest BCUT2D eigenvalue weighted by molar-refractivity contribution is -0.114. The molecule has 0 saturated heterocycles. The summed E-state index contributed by atoms with van der Waals surface area (Å²) in [5, 5.41) is 10.9. The van der Waals surface area contributed by atoms with E-state index in [0.29, 0.717) is 28.8 Å². The van der Waals surface area contributed by atoms with Gasteiger partial charge in [0.05, 0.1) is 6.61 Å². The van der Waals surface area contributed by atoms with Crippen molar-refractivity contribution < 1.29 is 14.3 Å². The number of aromatic nitrogens is 1. The molecule has 1 aromatic heterocycles. The smallest absolute Gasteiger partial charge is 0.275 e. The highest BCUT2D eigenvalue weighted by Gasteiger charge is 2.12. The Bertz CT molecular complexity index is 970. The van der Waals surface area contributed by atoms with Crippen molar-refractivity contribution >= 4 is 45.3 Å². The van der Waals surface area contributed by atoms with Crippen LogP contribution in [0.1, 0.15) is 24.3 Å². The first-order valence-electron chi connectivity index (χ1n) is 8.68. The van der Waals surface area contributed by atoms with Gasteiger partial charge in [0, 0.05) is 29.4 Å². The lowest BCUT2D eigenvalue weighted by Gasteiger charge is -2.07. The fourth-order valence-corrected chi connectivity index (χ4v) is 3.14. The minimum absolute atomic E-state index is 0.173. The number of thiazole rings is 1. The summed E-state index contributed by atoms with van der Waals surface area (Å²) in [6, 6.07) is 14.4. The van der Waals surface area contributed by atoms with Crippen molar-refractivity contribution in [1.29, 1.82) is 0 Å². The van der Waals surface area contributed by atoms with Crippen molar-refractivity contribution in [1.82, 2.24) is 4.98 Å². The Balaban J connectivity index is 1.63. The summed E-state index contributed by atoms with van der Waals surface area (Å²) in [6.45, 7) is 3.98. The molecule has 0 fully saturated rings. The van der Waals surface area contributed by atoms with E-state index in [1.54, 1.807) is 29.6 Å². The van der Waals surface area contributed by atoms with E-state index < -0.39 is 0 Å². The Morgan fingerprint density at radius 2 is 1.75 bits per heavy atom. The number of ether oxygens (including phenoxy) is 1. The van der Waals surface area contributed by atoms with E-state index in [9.17, 15) is 9.59 Å². The molecule has 3 N–H and O–H groups in total. The second kappa shape index (κ2) is 9.01. The van der Waals surface area contributed by atoms with Crippen LogP contribution in [0.25, 0.3) is 0 Å². The molecule has 8 heteroatoms. The van der Waals surface area contributed by atoms with Gasteiger partial charge < -0.3 is 20.7 Å². The average molecular weight is 396 g/mol. The zero-order valence-corrected chi connectivity index (χ0v) is 16.3. The van der Waals surface area contributed by atoms with Gasteiger partial charge in [0.1, 0.15) is 11.4 Å². The second-order valence-corrected chi connectivity index (χ2v) is 6.69. The van der Waals surface area contributed by atoms with Crippen molar-refractivity contribution in [3.8, 4) is 5.75 Å². The lowest BCUT2D eigenvalue weighted by Crippen LogP contribution is -2.13. The molecule has 3 aromatic rings. The summed E-state index contributed by atoms with van der Waals surface area (Å²) in [6.07, 6.45) is 0. The van der Waals surface area contributed by atoms with Crippen LogP contribution in [0.15, 0.2) is 53.9 Å². The predicted molar refractivity (Wildman–Crippen MR) is 112 cm³/mol. The van der Waals surface area contributed by atoms with Crippen LogP contribution in [-0.4, -0.2) is 23.4 Å². The molecule has 1 heterocycles. The summed E-state index contributed by atoms with van der Waals surface area (Å²) in [5.41, 5.74) is 2.35. The second-order valence-electron chi connectivity index (χ2n) is 5.84. The maximum absolute atomic E-state index is 12.4. The Labute approximate surface area is 166 Å². The molecule has 0 aliphatic heterocycles. The number of hydrogen-bond acceptors (Lipinski definition) is 6. The van der Waals surface area contributed by atoms with Crippen molar-refractivity contribution in [3.63, 3.8) is 0 Å². The van der Waals surface area contributed by atoms with Gasteiger partial charge in [0.15, 0.2) is 5.13 Å². The van der Waals surface area contributed by atoms with Gasteiger partial charge in [-0.1, -0.05) is 6.07 Å². The number of carbonyl (C=O) groups excluding carboxylic acids is 2. The molecule has 144 valence electrons. The number of hydrogen-bond donors (Lipinski definition) is 3. The summed E-state index contributed by atoms with van der Waals surface area (Å²) in [5.74, 6) is 0.303. The standard InChI is InChI=1S/C20H20N4O3S/c1-3-27-17-9-7-14(8-10-17)23-20-24-18(12-28-20)19(26)22-16-6-4-5-15(11-16)21-13(2)25/h4-12H,3H2,1-2H3,(H,21,25)(H,22,26)(H,23,24). The highest BCUT2D eigenvalue weighted by atomic mass is 32.1. The zero-order chi connectivity index (χ0) is 19.9. The fourth-order valence-electron chi connectivity index (χ4n) is 2.43. The Morgan fingerprint density at radius 1 is 1.04 bits per heavy atom. The van der Waals surface area contributed by atoms with Crippen LogP contribution < -0.4 is 20.7 Å². The average Bonchev–Trinajstić information content (AvgIpc) is 3.12. The minimum atomic E-state index is -0.323. The van der Waals surface area contributed by atoms with Crippen LogP contribution in [0.4, 0.5) is 22.2 Å². The molecular formula is C20H20N4O3S. The van der Waals surface area contributed by atoms with Crippen LogP contribution in [0.3, 0.4) is 0 Å². The van der Waals surface area contributed by atoms with E-state index in [-0.39, 0.29) is 11.8 Å². The first-order valence-corrected chi connectivity index (χ1v) is 9.56. The van der Waals surface area contributed by atoms with Gasteiger partial charge >= 0.3 is 0 Å². The van der Waals surface area contributed by atoms with E-state index in [0.717, 1.165) is 11.4 Å². The normalized spacial score (nSPS) is 10.2. The van der Waals surface area contributed by atoms with Crippen LogP contribution in [0.5, 0.6) is 5.75 Å². The molecule has 0 atom stereocenters. The monoisotopic (exact) mass is 396 g/mol. The molecule has 2 amide bonds. The van der Waals surface area contributed by atoms with E-state index in [2.05, 4.69) is 20.9 Å². The third kappa shape index (κ3) is 5.31. The van der Waals surface area contributed by atoms with E-state index in [1.807, 2.05) is 31.2 Å². The number of nitrogens with zero attached hydrogens (tertiary/aromatic N) is 1. The van der Waals surface area contributed by atoms with Crippen LogP contribution in [0.2, 0.25) is 0 Å². The molecule has 0 saturated carbocycles. The lowest BCUT2D eigenvalue weighted by atomic mass is 10.2. The Kier molecular flexibility index (Phi) is 6.23. The highest BCUT2D eigenvalue weighted by molar-refractivity contribution is 7.14. The molecule has 2 aromatic carbocycles. The molecule has 28 heavy (non-hydrogen) atoms. The largest absolute Gasteiger partial charge is 0.494 e. The maximum Gasteiger partial charge on any atom is 0.275 e. The van der Waals surface area contributed by atoms with Gasteiger partial charge in [-0.05, 0) is 49.4 Å². The number of anilines is 4. The minimum Gasteiger partial charge on any atom is -0.494 e. The van der Waals surface area contributed by atoms with Gasteiger partial charge in [0.2, 0.25) is 5.91 Å². The molecule has 0 spiro atoms. The van der Waals surface area contributed by atoms with E-state index >= 15 is 0 Å². The van der Waals surface area contributed by atoms with Gasteiger partial charge in [-0.2, -0.15) is 0 Å². The summed E-state index contributed by atoms with van der Waals surface area (Å²) < 4.78 is 5.42. The summed E-state index contributed by atoms with van der Waals surface area (Å²) >= 11 is 1.34. The van der Waals surface area contributed by atoms with Crippen LogP contribution in [0, 0.1) is 0 Å². The number of amides is 2. The van der Waals surface area contributed by atoms with Gasteiger partial charge in [0.25, 0.3) is 5.91 Å². The van der Waals surface area contributed by atoms with Crippen molar-refractivity contribution in [2.45, 2.75) is 13.8 Å². The van der Waals surface area contributed by atoms with Gasteiger partial charge in [-0.25, -0.2) is 4.98 Å². The van der Waals surface area contributed by atoms with Crippen LogP contribution >= 0.6 is 11.3 Å². The first-order chi connectivity index (χ1) is 13.5. The number of carbonyl (C=O) groups is 2. The molecule has 0 aliphatic rings. The predicted octanol–water partition coefficient (Wildman–Crippen LogP) is 4.50. The van der Waals surface area contributed by atoms with Crippen molar-refractivity contribution in [2.75, 3.05) is 22.6 Å². The van der Waals surface area contributed by atoms with E-state index in [1.165, 1.54) is 18.3 Å². The van der Waals surface area contributed by atoms with E-state index in [4.69, 9.17) is 4.74 Å². The maximum atomic E-state index is 12.4. The SMILES string of the molecule is CCOc1ccc(Nc2nc(C(=O)Nc3cccc(NC(C)=O)c3)cs2)cc1. The Morgan fingerprint density at radius 3 is 2.43 bits per heavy atom. The fraction of sp³-hybridized carbons (Fsp3) is 0.150. The molecule has 0 aliphatic carbocycles. The molecule has 3 rings (SSSR count). The molecule has 7 nitrogen and oxygen atoms in total. The zero-order valence-electron chi connectivity index (χ0n) is 15.5. The van der Waals surface area contributed by atoms with Gasteiger partial charge in [-0.3, -0.25) is 9.59 Å². The first kappa shape index (κ1) is 19.4. The summed E-state index contributed by atoms with van der Waals surface area (Å²) in [7, 11) is 0. The van der Waals surface area contributed by atoms with Crippen LogP contribution in [-0.2, 0) is 4.79 Å². The molecule has 0 radical (unpaired) electrons. The quantitative estimate of drug-likeness (QED) is 0.547. The molecule has 0 bridgehead atoms. The molecule has 0 unspecified atom stereocenters. The van der Waals surface area contributed by atoms with Gasteiger partial charge in [-0.15, -0.1) is 11.3 Å². The number of nitrogens with one attached hydrogen (secondary N) is 3. The third-order valence-electron chi connectivity index (χ3n) is 3.59. The highest BCUT2D eigenvalue weighted by Crippen LogP contribution is 2.24. The van der Waals surface area contributed by atoms with Crippen molar-refractivity contribution in [3.05, 3.63) is 59.6 Å². The molecular weight excluding hydrogens is 376 g/mol.